The molecule has 5 nitrogen and oxygen atoms in total. The summed E-state index contributed by atoms with van der Waals surface area (Å²) in [6, 6.07) is 13.3. The SMILES string of the molecule is CN(C)C(=O)Sc1ccc2ns[nH+]c2c1-c1ccc(C#N)cc1. The second-order valence-corrected chi connectivity index (χ2v) is 6.63. The van der Waals surface area contributed by atoms with Crippen LogP contribution >= 0.6 is 23.5 Å². The number of nitriles is 1. The van der Waals surface area contributed by atoms with Crippen LogP contribution in [0.5, 0.6) is 0 Å². The Hall–Kier alpha value is -2.43. The fourth-order valence-corrected chi connectivity index (χ4v) is 3.56. The highest BCUT2D eigenvalue weighted by atomic mass is 32.2. The number of carbonyl (C=O) groups excluding carboxylic acids is 1. The van der Waals surface area contributed by atoms with Gasteiger partial charge < -0.3 is 4.90 Å². The molecule has 0 aliphatic carbocycles. The number of hydrogen-bond donors (Lipinski definition) is 0. The number of aromatic amines is 1. The van der Waals surface area contributed by atoms with Crippen LogP contribution in [0.2, 0.25) is 0 Å². The number of nitrogens with one attached hydrogen (secondary N) is 1. The van der Waals surface area contributed by atoms with Gasteiger partial charge in [-0.25, -0.2) is 0 Å². The van der Waals surface area contributed by atoms with Gasteiger partial charge in [-0.15, -0.1) is 0 Å². The van der Waals surface area contributed by atoms with E-state index >= 15 is 0 Å². The molecule has 0 aliphatic rings. The summed E-state index contributed by atoms with van der Waals surface area (Å²) in [6.07, 6.45) is 0. The lowest BCUT2D eigenvalue weighted by Crippen LogP contribution is -2.16. The summed E-state index contributed by atoms with van der Waals surface area (Å²) in [6.45, 7) is 0. The highest BCUT2D eigenvalue weighted by Crippen LogP contribution is 2.36. The van der Waals surface area contributed by atoms with Gasteiger partial charge in [0.2, 0.25) is 5.52 Å². The van der Waals surface area contributed by atoms with Crippen molar-refractivity contribution in [3.05, 3.63) is 42.0 Å². The van der Waals surface area contributed by atoms with Crippen molar-refractivity contribution in [2.45, 2.75) is 4.90 Å². The molecule has 3 aromatic rings. The summed E-state index contributed by atoms with van der Waals surface area (Å²) in [5.74, 6) is 0. The summed E-state index contributed by atoms with van der Waals surface area (Å²) in [5.41, 5.74) is 4.24. The first kappa shape index (κ1) is 15.5. The second-order valence-electron chi connectivity index (χ2n) is 5.07. The van der Waals surface area contributed by atoms with Gasteiger partial charge in [-0.2, -0.15) is 9.64 Å². The highest BCUT2D eigenvalue weighted by Gasteiger charge is 2.20. The largest absolute Gasteiger partial charge is 0.339 e. The summed E-state index contributed by atoms with van der Waals surface area (Å²) < 4.78 is 7.51. The number of rotatable bonds is 2. The number of carbonyl (C=O) groups is 1. The van der Waals surface area contributed by atoms with Crippen molar-refractivity contribution in [1.29, 1.82) is 5.26 Å². The van der Waals surface area contributed by atoms with Crippen LogP contribution < -0.4 is 4.37 Å². The van der Waals surface area contributed by atoms with Gasteiger partial charge in [0, 0.05) is 28.9 Å². The van der Waals surface area contributed by atoms with E-state index in [0.717, 1.165) is 27.1 Å². The Kier molecular flexibility index (Phi) is 4.28. The van der Waals surface area contributed by atoms with Crippen LogP contribution in [0.25, 0.3) is 22.2 Å². The fourth-order valence-electron chi connectivity index (χ4n) is 2.14. The molecule has 0 fully saturated rings. The minimum absolute atomic E-state index is 0.0394. The molecule has 0 atom stereocenters. The van der Waals surface area contributed by atoms with Crippen LogP contribution in [0.4, 0.5) is 4.79 Å². The zero-order chi connectivity index (χ0) is 16.4. The van der Waals surface area contributed by atoms with Crippen molar-refractivity contribution in [3.63, 3.8) is 0 Å². The van der Waals surface area contributed by atoms with Crippen molar-refractivity contribution < 1.29 is 9.17 Å². The monoisotopic (exact) mass is 341 g/mol. The molecule has 0 saturated carbocycles. The molecule has 0 bridgehead atoms. The minimum atomic E-state index is -0.0394. The maximum absolute atomic E-state index is 12.1. The zero-order valence-corrected chi connectivity index (χ0v) is 14.2. The third-order valence-corrected chi connectivity index (χ3v) is 4.99. The molecule has 0 aliphatic heterocycles. The quantitative estimate of drug-likeness (QED) is 0.670. The van der Waals surface area contributed by atoms with Crippen LogP contribution in [0, 0.1) is 11.3 Å². The van der Waals surface area contributed by atoms with Gasteiger partial charge in [0.1, 0.15) is 0 Å². The molecule has 1 amide bonds. The van der Waals surface area contributed by atoms with Crippen LogP contribution in [0.15, 0.2) is 41.3 Å². The number of nitrogens with zero attached hydrogens (tertiary/aromatic N) is 3. The molecule has 114 valence electrons. The molecule has 23 heavy (non-hydrogen) atoms. The summed E-state index contributed by atoms with van der Waals surface area (Å²) in [5, 5.41) is 8.91. The number of H-pyrrole nitrogens is 1. The van der Waals surface area contributed by atoms with Crippen molar-refractivity contribution in [3.8, 4) is 17.2 Å². The van der Waals surface area contributed by atoms with Crippen LogP contribution in [0.1, 0.15) is 5.56 Å². The molecule has 1 N–H and O–H groups in total. The van der Waals surface area contributed by atoms with Crippen molar-refractivity contribution in [2.24, 2.45) is 0 Å². The average molecular weight is 341 g/mol. The van der Waals surface area contributed by atoms with Gasteiger partial charge in [-0.1, -0.05) is 12.1 Å². The van der Waals surface area contributed by atoms with Gasteiger partial charge in [-0.05, 0) is 41.6 Å². The van der Waals surface area contributed by atoms with Crippen LogP contribution in [0.3, 0.4) is 0 Å². The number of thioether (sulfide) groups is 1. The normalized spacial score (nSPS) is 10.5. The first-order valence-electron chi connectivity index (χ1n) is 6.80. The maximum Gasteiger partial charge on any atom is 0.285 e. The lowest BCUT2D eigenvalue weighted by Gasteiger charge is -2.12. The first-order chi connectivity index (χ1) is 11.1. The summed E-state index contributed by atoms with van der Waals surface area (Å²) in [4.78, 5) is 14.5. The minimum Gasteiger partial charge on any atom is -0.339 e. The van der Waals surface area contributed by atoms with Crippen molar-refractivity contribution in [1.82, 2.24) is 9.27 Å². The average Bonchev–Trinajstić information content (AvgIpc) is 3.03. The maximum atomic E-state index is 12.1. The standard InChI is InChI=1S/C16H12N4OS2/c1-20(2)16(21)22-13-8-7-12-15(19-23-18-12)14(13)11-5-3-10(9-17)4-6-11/h3-8H,1-2H3/p+1. The Bertz CT molecular complexity index is 910. The molecular formula is C16H13N4OS2+. The van der Waals surface area contributed by atoms with Gasteiger partial charge in [0.15, 0.2) is 5.52 Å². The molecule has 0 radical (unpaired) electrons. The Balaban J connectivity index is 2.16. The number of benzene rings is 2. The first-order valence-corrected chi connectivity index (χ1v) is 8.39. The second kappa shape index (κ2) is 6.36. The third kappa shape index (κ3) is 3.04. The smallest absolute Gasteiger partial charge is 0.285 e. The third-order valence-electron chi connectivity index (χ3n) is 3.30. The van der Waals surface area contributed by atoms with Crippen molar-refractivity contribution >= 4 is 39.8 Å². The van der Waals surface area contributed by atoms with E-state index in [0.29, 0.717) is 5.56 Å². The molecule has 0 spiro atoms. The molecule has 7 heteroatoms. The molecule has 2 aromatic carbocycles. The van der Waals surface area contributed by atoms with E-state index in [1.807, 2.05) is 24.3 Å². The fraction of sp³-hybridized carbons (Fsp3) is 0.125. The predicted octanol–water partition coefficient (Wildman–Crippen LogP) is 3.42. The summed E-state index contributed by atoms with van der Waals surface area (Å²) >= 11 is 2.45. The van der Waals surface area contributed by atoms with E-state index in [1.165, 1.54) is 23.5 Å². The Morgan fingerprint density at radius 1 is 1.26 bits per heavy atom. The van der Waals surface area contributed by atoms with E-state index < -0.39 is 0 Å². The van der Waals surface area contributed by atoms with Crippen molar-refractivity contribution in [2.75, 3.05) is 14.1 Å². The van der Waals surface area contributed by atoms with E-state index in [4.69, 9.17) is 5.26 Å². The topological polar surface area (TPSA) is 71.1 Å². The van der Waals surface area contributed by atoms with Gasteiger partial charge in [-0.3, -0.25) is 4.79 Å². The highest BCUT2D eigenvalue weighted by molar-refractivity contribution is 8.13. The molecule has 0 saturated heterocycles. The number of fused-ring (bicyclic) bond motifs is 1. The Morgan fingerprint density at radius 3 is 2.65 bits per heavy atom. The Morgan fingerprint density at radius 2 is 2.00 bits per heavy atom. The zero-order valence-electron chi connectivity index (χ0n) is 12.5. The lowest BCUT2D eigenvalue weighted by atomic mass is 10.0. The van der Waals surface area contributed by atoms with Gasteiger partial charge in [0.05, 0.1) is 11.6 Å². The molecule has 1 heterocycles. The molecule has 0 unspecified atom stereocenters. The van der Waals surface area contributed by atoms with Crippen LogP contribution in [-0.4, -0.2) is 28.6 Å². The Labute approximate surface area is 141 Å². The van der Waals surface area contributed by atoms with Gasteiger partial charge in [0.25, 0.3) is 17.0 Å². The summed E-state index contributed by atoms with van der Waals surface area (Å²) in [7, 11) is 3.46. The van der Waals surface area contributed by atoms with E-state index in [2.05, 4.69) is 14.8 Å². The van der Waals surface area contributed by atoms with E-state index in [9.17, 15) is 4.79 Å². The molecule has 1 aromatic heterocycles. The molecule has 3 rings (SSSR count). The lowest BCUT2D eigenvalue weighted by molar-refractivity contribution is -0.254. The van der Waals surface area contributed by atoms with E-state index in [-0.39, 0.29) is 5.24 Å². The number of hydrogen-bond acceptors (Lipinski definition) is 5. The predicted molar refractivity (Wildman–Crippen MR) is 91.3 cm³/mol. The number of aromatic nitrogens is 2. The van der Waals surface area contributed by atoms with Gasteiger partial charge >= 0.3 is 0 Å². The van der Waals surface area contributed by atoms with Crippen LogP contribution in [-0.2, 0) is 0 Å². The number of amides is 1. The van der Waals surface area contributed by atoms with E-state index in [1.54, 1.807) is 31.1 Å². The molecular weight excluding hydrogens is 328 g/mol.